The van der Waals surface area contributed by atoms with Gasteiger partial charge in [0.2, 0.25) is 0 Å². The lowest BCUT2D eigenvalue weighted by Crippen LogP contribution is -2.50. The predicted molar refractivity (Wildman–Crippen MR) is 92.7 cm³/mol. The van der Waals surface area contributed by atoms with Crippen molar-refractivity contribution in [2.24, 2.45) is 23.2 Å². The third-order valence-corrected chi connectivity index (χ3v) is 5.62. The summed E-state index contributed by atoms with van der Waals surface area (Å²) in [5, 5.41) is 11.9. The first-order valence-electron chi connectivity index (χ1n) is 9.05. The first kappa shape index (κ1) is 18.8. The average Bonchev–Trinajstić information content (AvgIpc) is 2.67. The zero-order chi connectivity index (χ0) is 17.9. The van der Waals surface area contributed by atoms with Crippen LogP contribution < -0.4 is 5.32 Å². The molecule has 5 nitrogen and oxygen atoms in total. The summed E-state index contributed by atoms with van der Waals surface area (Å²) in [6.07, 6.45) is 7.72. The number of carbonyl (C=O) groups excluding carboxylic acids is 1. The molecule has 2 saturated carbocycles. The Morgan fingerprint density at radius 2 is 2.08 bits per heavy atom. The van der Waals surface area contributed by atoms with Crippen molar-refractivity contribution in [3.05, 3.63) is 12.7 Å². The van der Waals surface area contributed by atoms with Crippen molar-refractivity contribution in [3.8, 4) is 0 Å². The maximum absolute atomic E-state index is 12.3. The van der Waals surface area contributed by atoms with Crippen molar-refractivity contribution in [2.45, 2.75) is 71.4 Å². The number of hydrogen-bond acceptors (Lipinski definition) is 3. The van der Waals surface area contributed by atoms with Crippen molar-refractivity contribution < 1.29 is 19.4 Å². The highest BCUT2D eigenvalue weighted by atomic mass is 16.6. The van der Waals surface area contributed by atoms with Crippen LogP contribution in [0.5, 0.6) is 0 Å². The van der Waals surface area contributed by atoms with Crippen molar-refractivity contribution >= 4 is 12.1 Å². The number of amides is 1. The molecule has 2 rings (SSSR count). The molecule has 5 atom stereocenters. The second-order valence-corrected chi connectivity index (χ2v) is 8.35. The molecule has 1 amide bonds. The molecular weight excluding hydrogens is 306 g/mol. The summed E-state index contributed by atoms with van der Waals surface area (Å²) in [5.74, 6) is 0.723. The Labute approximate surface area is 144 Å². The molecule has 0 aliphatic heterocycles. The van der Waals surface area contributed by atoms with Crippen LogP contribution in [0.25, 0.3) is 0 Å². The molecule has 2 fully saturated rings. The molecule has 2 aliphatic rings. The SMILES string of the molecule is C=CCCC[C@@H]1[C@H]2CC[C@H]2C[C@H]1OC(=O)N[C@H](C(=O)O)C(C)(C)C. The van der Waals surface area contributed by atoms with E-state index in [1.165, 1.54) is 12.8 Å². The van der Waals surface area contributed by atoms with Gasteiger partial charge < -0.3 is 15.2 Å². The van der Waals surface area contributed by atoms with Gasteiger partial charge in [-0.3, -0.25) is 0 Å². The zero-order valence-corrected chi connectivity index (χ0v) is 15.1. The molecule has 0 radical (unpaired) electrons. The number of nitrogens with one attached hydrogen (secondary N) is 1. The number of unbranched alkanes of at least 4 members (excludes halogenated alkanes) is 1. The second-order valence-electron chi connectivity index (χ2n) is 8.35. The Hall–Kier alpha value is -1.52. The number of rotatable bonds is 7. The second kappa shape index (κ2) is 7.58. The summed E-state index contributed by atoms with van der Waals surface area (Å²) in [6.45, 7) is 9.14. The standard InChI is InChI=1S/C19H31NO4/c1-5-6-7-8-14-13-10-9-12(13)11-15(14)24-18(23)20-16(17(21)22)19(2,3)4/h5,12-16H,1,6-11H2,2-4H3,(H,20,23)(H,21,22)/t12-,13-,14+,15+,16+/m0/s1. The number of alkyl carbamates (subject to hydrolysis) is 1. The fourth-order valence-corrected chi connectivity index (χ4v) is 4.17. The van der Waals surface area contributed by atoms with Gasteiger partial charge >= 0.3 is 12.1 Å². The first-order valence-corrected chi connectivity index (χ1v) is 9.05. The van der Waals surface area contributed by atoms with Crippen molar-refractivity contribution in [2.75, 3.05) is 0 Å². The van der Waals surface area contributed by atoms with Gasteiger partial charge in [-0.1, -0.05) is 26.8 Å². The fraction of sp³-hybridized carbons (Fsp3) is 0.789. The highest BCUT2D eigenvalue weighted by molar-refractivity contribution is 5.80. The number of hydrogen-bond donors (Lipinski definition) is 2. The third-order valence-electron chi connectivity index (χ3n) is 5.62. The fourth-order valence-electron chi connectivity index (χ4n) is 4.17. The van der Waals surface area contributed by atoms with Gasteiger partial charge in [-0.15, -0.1) is 6.58 Å². The Morgan fingerprint density at radius 1 is 1.38 bits per heavy atom. The molecule has 0 bridgehead atoms. The zero-order valence-electron chi connectivity index (χ0n) is 15.1. The van der Waals surface area contributed by atoms with Crippen LogP contribution >= 0.6 is 0 Å². The summed E-state index contributed by atoms with van der Waals surface area (Å²) in [5.41, 5.74) is -0.567. The van der Waals surface area contributed by atoms with Crippen molar-refractivity contribution in [3.63, 3.8) is 0 Å². The molecule has 0 aromatic rings. The van der Waals surface area contributed by atoms with Crippen molar-refractivity contribution in [1.82, 2.24) is 5.32 Å². The molecule has 136 valence electrons. The highest BCUT2D eigenvalue weighted by Crippen LogP contribution is 2.53. The maximum Gasteiger partial charge on any atom is 0.408 e. The minimum atomic E-state index is -1.03. The molecule has 24 heavy (non-hydrogen) atoms. The molecule has 0 aromatic carbocycles. The van der Waals surface area contributed by atoms with E-state index in [4.69, 9.17) is 4.74 Å². The molecule has 2 aliphatic carbocycles. The van der Waals surface area contributed by atoms with Gasteiger partial charge in [-0.2, -0.15) is 0 Å². The van der Waals surface area contributed by atoms with Crippen LogP contribution in [0.2, 0.25) is 0 Å². The van der Waals surface area contributed by atoms with Gasteiger partial charge in [0.15, 0.2) is 0 Å². The molecule has 0 aromatic heterocycles. The van der Waals surface area contributed by atoms with Crippen LogP contribution in [-0.2, 0) is 9.53 Å². The molecule has 2 N–H and O–H groups in total. The number of carboxylic acid groups (broad SMARTS) is 1. The van der Waals surface area contributed by atoms with Gasteiger partial charge in [0.25, 0.3) is 0 Å². The average molecular weight is 337 g/mol. The van der Waals surface area contributed by atoms with Gasteiger partial charge in [0.05, 0.1) is 0 Å². The van der Waals surface area contributed by atoms with E-state index in [-0.39, 0.29) is 6.10 Å². The van der Waals surface area contributed by atoms with E-state index in [0.717, 1.165) is 25.7 Å². The molecule has 5 heteroatoms. The Balaban J connectivity index is 1.93. The minimum Gasteiger partial charge on any atom is -0.480 e. The highest BCUT2D eigenvalue weighted by Gasteiger charge is 2.49. The maximum atomic E-state index is 12.3. The van der Waals surface area contributed by atoms with E-state index >= 15 is 0 Å². The van der Waals surface area contributed by atoms with E-state index in [2.05, 4.69) is 11.9 Å². The van der Waals surface area contributed by atoms with E-state index in [0.29, 0.717) is 17.8 Å². The topological polar surface area (TPSA) is 75.6 Å². The van der Waals surface area contributed by atoms with Crippen LogP contribution in [0.3, 0.4) is 0 Å². The molecule has 0 heterocycles. The molecule has 0 saturated heterocycles. The number of allylic oxidation sites excluding steroid dienone is 1. The third kappa shape index (κ3) is 4.31. The van der Waals surface area contributed by atoms with Crippen LogP contribution in [0.4, 0.5) is 4.79 Å². The number of ether oxygens (including phenoxy) is 1. The number of fused-ring (bicyclic) bond motifs is 1. The minimum absolute atomic E-state index is 0.0817. The van der Waals surface area contributed by atoms with Crippen molar-refractivity contribution in [1.29, 1.82) is 0 Å². The normalized spacial score (nSPS) is 30.0. The lowest BCUT2D eigenvalue weighted by molar-refractivity contribution is -0.142. The smallest absolute Gasteiger partial charge is 0.408 e. The van der Waals surface area contributed by atoms with Crippen LogP contribution in [0, 0.1) is 23.2 Å². The molecule has 0 spiro atoms. The molecule has 0 unspecified atom stereocenters. The summed E-state index contributed by atoms with van der Waals surface area (Å²) in [6, 6.07) is -0.956. The van der Waals surface area contributed by atoms with E-state index in [9.17, 15) is 14.7 Å². The summed E-state index contributed by atoms with van der Waals surface area (Å²) in [4.78, 5) is 23.6. The predicted octanol–water partition coefficient (Wildman–Crippen LogP) is 3.98. The van der Waals surface area contributed by atoms with E-state index in [1.807, 2.05) is 6.08 Å². The van der Waals surface area contributed by atoms with Gasteiger partial charge in [-0.05, 0) is 61.7 Å². The largest absolute Gasteiger partial charge is 0.480 e. The summed E-state index contributed by atoms with van der Waals surface area (Å²) < 4.78 is 5.67. The van der Waals surface area contributed by atoms with Crippen LogP contribution in [0.1, 0.15) is 59.3 Å². The number of carboxylic acids is 1. The van der Waals surface area contributed by atoms with Gasteiger partial charge in [0, 0.05) is 0 Å². The van der Waals surface area contributed by atoms with E-state index < -0.39 is 23.5 Å². The lowest BCUT2D eigenvalue weighted by atomic mass is 9.71. The van der Waals surface area contributed by atoms with Gasteiger partial charge in [0.1, 0.15) is 12.1 Å². The Morgan fingerprint density at radius 3 is 2.58 bits per heavy atom. The monoisotopic (exact) mass is 337 g/mol. The first-order chi connectivity index (χ1) is 11.2. The molecular formula is C19H31NO4. The number of carbonyl (C=O) groups is 2. The van der Waals surface area contributed by atoms with Crippen LogP contribution in [-0.4, -0.2) is 29.3 Å². The Kier molecular flexibility index (Phi) is 5.94. The van der Waals surface area contributed by atoms with E-state index in [1.54, 1.807) is 20.8 Å². The quantitative estimate of drug-likeness (QED) is 0.544. The van der Waals surface area contributed by atoms with Crippen LogP contribution in [0.15, 0.2) is 12.7 Å². The van der Waals surface area contributed by atoms with Gasteiger partial charge in [-0.25, -0.2) is 9.59 Å². The Bertz CT molecular complexity index is 482. The lowest BCUT2D eigenvalue weighted by Gasteiger charge is -2.34. The summed E-state index contributed by atoms with van der Waals surface area (Å²) in [7, 11) is 0. The number of aliphatic carboxylic acids is 1. The summed E-state index contributed by atoms with van der Waals surface area (Å²) >= 11 is 0.